The predicted octanol–water partition coefficient (Wildman–Crippen LogP) is 1.71. The van der Waals surface area contributed by atoms with Gasteiger partial charge >= 0.3 is 6.36 Å². The summed E-state index contributed by atoms with van der Waals surface area (Å²) in [5.41, 5.74) is 6.49. The molecule has 3 aromatic rings. The van der Waals surface area contributed by atoms with Crippen molar-refractivity contribution in [1.82, 2.24) is 35.6 Å². The maximum Gasteiger partial charge on any atom is 0.573 e. The van der Waals surface area contributed by atoms with Crippen molar-refractivity contribution in [1.29, 1.82) is 0 Å². The number of hydrogen-bond acceptors (Lipinski definition) is 9. The molecule has 0 aliphatic rings. The number of pyridine rings is 1. The first-order valence-electron chi connectivity index (χ1n) is 11.9. The van der Waals surface area contributed by atoms with Crippen molar-refractivity contribution in [2.24, 2.45) is 11.6 Å². The number of aryl methyl sites for hydroxylation is 1. The number of ether oxygens (including phenoxy) is 1. The average molecular weight is 566 g/mol. The fourth-order valence-electron chi connectivity index (χ4n) is 3.37. The van der Waals surface area contributed by atoms with E-state index < -0.39 is 30.3 Å². The van der Waals surface area contributed by atoms with Gasteiger partial charge in [0.2, 0.25) is 5.91 Å². The SMILES string of the molecule is N/C(=C\N(N)CCCCn1cc(C(=O)NCc2ccccn2)nn1)NC(=O)Cc1ccc(OC(F)(F)F)cc1F. The van der Waals surface area contributed by atoms with Crippen LogP contribution in [0.3, 0.4) is 0 Å². The van der Waals surface area contributed by atoms with E-state index in [2.05, 4.69) is 30.7 Å². The Balaban J connectivity index is 1.36. The highest BCUT2D eigenvalue weighted by Gasteiger charge is 2.31. The van der Waals surface area contributed by atoms with E-state index in [-0.39, 0.29) is 29.5 Å². The second-order valence-electron chi connectivity index (χ2n) is 8.43. The second-order valence-corrected chi connectivity index (χ2v) is 8.43. The summed E-state index contributed by atoms with van der Waals surface area (Å²) in [5.74, 6) is 2.91. The summed E-state index contributed by atoms with van der Waals surface area (Å²) in [4.78, 5) is 28.5. The smallest absolute Gasteiger partial charge is 0.406 e. The number of hydrazine groups is 1. The normalized spacial score (nSPS) is 11.7. The third-order valence-corrected chi connectivity index (χ3v) is 5.18. The van der Waals surface area contributed by atoms with E-state index in [1.165, 1.54) is 22.1 Å². The molecule has 0 bridgehead atoms. The number of alkyl halides is 3. The zero-order chi connectivity index (χ0) is 29.1. The molecule has 0 radical (unpaired) electrons. The Morgan fingerprint density at radius 1 is 1.18 bits per heavy atom. The van der Waals surface area contributed by atoms with E-state index in [0.717, 1.165) is 12.1 Å². The van der Waals surface area contributed by atoms with Gasteiger partial charge in [0.25, 0.3) is 5.91 Å². The lowest BCUT2D eigenvalue weighted by Crippen LogP contribution is -2.34. The number of nitrogens with zero attached hydrogens (tertiary/aromatic N) is 5. The molecule has 16 heteroatoms. The fraction of sp³-hybridized carbons (Fsp3) is 0.292. The maximum atomic E-state index is 14.0. The van der Waals surface area contributed by atoms with Crippen molar-refractivity contribution in [3.8, 4) is 5.75 Å². The summed E-state index contributed by atoms with van der Waals surface area (Å²) in [6, 6.07) is 7.84. The maximum absolute atomic E-state index is 14.0. The summed E-state index contributed by atoms with van der Waals surface area (Å²) < 4.78 is 55.9. The van der Waals surface area contributed by atoms with Crippen LogP contribution < -0.4 is 26.9 Å². The van der Waals surface area contributed by atoms with Crippen molar-refractivity contribution in [2.75, 3.05) is 6.54 Å². The molecule has 0 saturated heterocycles. The first-order valence-corrected chi connectivity index (χ1v) is 11.9. The van der Waals surface area contributed by atoms with Crippen LogP contribution in [0.2, 0.25) is 0 Å². The van der Waals surface area contributed by atoms with E-state index in [9.17, 15) is 27.2 Å². The fourth-order valence-corrected chi connectivity index (χ4v) is 3.37. The van der Waals surface area contributed by atoms with Crippen LogP contribution in [-0.4, -0.2) is 49.7 Å². The molecular weight excluding hydrogens is 538 g/mol. The number of nitrogens with one attached hydrogen (secondary N) is 2. The van der Waals surface area contributed by atoms with Crippen LogP contribution in [0.25, 0.3) is 0 Å². The number of hydrogen-bond donors (Lipinski definition) is 4. The number of nitrogens with two attached hydrogens (primary N) is 2. The van der Waals surface area contributed by atoms with Crippen LogP contribution in [-0.2, 0) is 24.3 Å². The molecule has 0 unspecified atom stereocenters. The highest BCUT2D eigenvalue weighted by molar-refractivity contribution is 5.91. The number of aromatic nitrogens is 4. The van der Waals surface area contributed by atoms with Gasteiger partial charge in [-0.25, -0.2) is 10.2 Å². The number of amides is 2. The Bertz CT molecular complexity index is 1320. The average Bonchev–Trinajstić information content (AvgIpc) is 3.35. The van der Waals surface area contributed by atoms with Crippen molar-refractivity contribution >= 4 is 11.8 Å². The van der Waals surface area contributed by atoms with Crippen molar-refractivity contribution in [3.05, 3.63) is 83.6 Å². The molecule has 0 atom stereocenters. The highest BCUT2D eigenvalue weighted by Crippen LogP contribution is 2.24. The molecule has 0 fully saturated rings. The quantitative estimate of drug-likeness (QED) is 0.104. The summed E-state index contributed by atoms with van der Waals surface area (Å²) >= 11 is 0. The number of halogens is 4. The van der Waals surface area contributed by atoms with Gasteiger partial charge in [-0.15, -0.1) is 18.3 Å². The molecule has 2 aromatic heterocycles. The van der Waals surface area contributed by atoms with Gasteiger partial charge in [0.1, 0.15) is 17.4 Å². The lowest BCUT2D eigenvalue weighted by atomic mass is 10.1. The van der Waals surface area contributed by atoms with E-state index in [1.807, 2.05) is 6.07 Å². The molecule has 12 nitrogen and oxygen atoms in total. The molecule has 0 aliphatic heterocycles. The van der Waals surface area contributed by atoms with Gasteiger partial charge < -0.3 is 26.1 Å². The Labute approximate surface area is 225 Å². The molecule has 0 aliphatic carbocycles. The molecule has 1 aromatic carbocycles. The minimum absolute atomic E-state index is 0.109. The van der Waals surface area contributed by atoms with Gasteiger partial charge in [0, 0.05) is 25.4 Å². The minimum atomic E-state index is -4.96. The molecular formula is C24H27F4N9O3. The highest BCUT2D eigenvalue weighted by atomic mass is 19.4. The van der Waals surface area contributed by atoms with Gasteiger partial charge in [0.05, 0.1) is 31.1 Å². The van der Waals surface area contributed by atoms with Gasteiger partial charge in [0.15, 0.2) is 5.69 Å². The summed E-state index contributed by atoms with van der Waals surface area (Å²) in [6.07, 6.45) is 0.243. The third-order valence-electron chi connectivity index (χ3n) is 5.18. The van der Waals surface area contributed by atoms with Crippen molar-refractivity contribution in [3.63, 3.8) is 0 Å². The Hall–Kier alpha value is -4.73. The van der Waals surface area contributed by atoms with Crippen molar-refractivity contribution < 1.29 is 31.9 Å². The number of carbonyl (C=O) groups excluding carboxylic acids is 2. The van der Waals surface area contributed by atoms with Crippen LogP contribution in [0.1, 0.15) is 34.6 Å². The minimum Gasteiger partial charge on any atom is -0.406 e. The first-order chi connectivity index (χ1) is 19.0. The van der Waals surface area contributed by atoms with Crippen molar-refractivity contribution in [2.45, 2.75) is 38.7 Å². The summed E-state index contributed by atoms with van der Waals surface area (Å²) in [6.45, 7) is 1.10. The van der Waals surface area contributed by atoms with Crippen LogP contribution in [0.5, 0.6) is 5.75 Å². The first kappa shape index (κ1) is 29.8. The third kappa shape index (κ3) is 10.2. The zero-order valence-corrected chi connectivity index (χ0v) is 21.1. The largest absolute Gasteiger partial charge is 0.573 e. The number of unbranched alkanes of at least 4 members (excludes halogenated alkanes) is 1. The second kappa shape index (κ2) is 13.9. The van der Waals surface area contributed by atoms with E-state index in [4.69, 9.17) is 11.6 Å². The van der Waals surface area contributed by atoms with E-state index in [0.29, 0.717) is 37.7 Å². The lowest BCUT2D eigenvalue weighted by Gasteiger charge is -2.15. The molecule has 0 saturated carbocycles. The van der Waals surface area contributed by atoms with Crippen LogP contribution in [0.4, 0.5) is 17.6 Å². The number of benzene rings is 1. The van der Waals surface area contributed by atoms with Crippen LogP contribution in [0, 0.1) is 5.82 Å². The van der Waals surface area contributed by atoms with Gasteiger partial charge in [-0.05, 0) is 36.6 Å². The summed E-state index contributed by atoms with van der Waals surface area (Å²) in [7, 11) is 0. The topological polar surface area (TPSA) is 166 Å². The monoisotopic (exact) mass is 565 g/mol. The standard InChI is InChI=1S/C24H27F4N9O3/c25-19-12-18(40-24(26,27)28)7-6-16(19)11-22(38)33-21(29)15-36(30)9-3-4-10-37-14-20(34-35-37)23(39)32-13-17-5-1-2-8-31-17/h1-2,5-8,12,14-15H,3-4,9-11,13,29-30H2,(H,32,39)(H,33,38)/b21-15+. The predicted molar refractivity (Wildman–Crippen MR) is 133 cm³/mol. The molecule has 0 spiro atoms. The molecule has 2 heterocycles. The zero-order valence-electron chi connectivity index (χ0n) is 21.1. The van der Waals surface area contributed by atoms with Gasteiger partial charge in [-0.1, -0.05) is 17.3 Å². The van der Waals surface area contributed by atoms with Crippen LogP contribution in [0.15, 0.2) is 60.8 Å². The number of carbonyl (C=O) groups is 2. The Kier molecular flexibility index (Phi) is 10.4. The van der Waals surface area contributed by atoms with Gasteiger partial charge in [-0.2, -0.15) is 0 Å². The Morgan fingerprint density at radius 3 is 2.67 bits per heavy atom. The molecule has 40 heavy (non-hydrogen) atoms. The molecule has 214 valence electrons. The molecule has 2 amide bonds. The number of rotatable bonds is 13. The van der Waals surface area contributed by atoms with E-state index >= 15 is 0 Å². The van der Waals surface area contributed by atoms with Crippen LogP contribution >= 0.6 is 0 Å². The Morgan fingerprint density at radius 2 is 1.98 bits per heavy atom. The summed E-state index contributed by atoms with van der Waals surface area (Å²) in [5, 5.41) is 14.1. The lowest BCUT2D eigenvalue weighted by molar-refractivity contribution is -0.274. The molecule has 6 N–H and O–H groups in total. The van der Waals surface area contributed by atoms with Gasteiger partial charge in [-0.3, -0.25) is 19.3 Å². The molecule has 3 rings (SSSR count). The van der Waals surface area contributed by atoms with E-state index in [1.54, 1.807) is 18.3 Å².